The Balaban J connectivity index is 1.60. The molecular formula is C25H19BrCl2N4O3S. The fourth-order valence-corrected chi connectivity index (χ4v) is 5.89. The first kappa shape index (κ1) is 24.7. The summed E-state index contributed by atoms with van der Waals surface area (Å²) in [5.41, 5.74) is 4.42. The number of aliphatic hydroxyl groups excluding tert-OH is 1. The molecule has 0 amide bonds. The number of aryl methyl sites for hydroxylation is 1. The zero-order valence-corrected chi connectivity index (χ0v) is 22.7. The molecule has 2 N–H and O–H groups in total. The van der Waals surface area contributed by atoms with Crippen LogP contribution in [0, 0.1) is 6.92 Å². The molecule has 184 valence electrons. The Labute approximate surface area is 226 Å². The Morgan fingerprint density at radius 3 is 2.44 bits per heavy atom. The molecule has 36 heavy (non-hydrogen) atoms. The number of imidazole rings is 1. The molecule has 7 nitrogen and oxygen atoms in total. The van der Waals surface area contributed by atoms with Crippen LogP contribution in [0.4, 0.5) is 5.69 Å². The quantitative estimate of drug-likeness (QED) is 0.271. The summed E-state index contributed by atoms with van der Waals surface area (Å²) in [6.45, 7) is 1.81. The number of hydrogen-bond acceptors (Lipinski definition) is 4. The van der Waals surface area contributed by atoms with E-state index in [0.29, 0.717) is 33.4 Å². The molecule has 5 rings (SSSR count). The highest BCUT2D eigenvalue weighted by molar-refractivity contribution is 9.10. The van der Waals surface area contributed by atoms with Crippen LogP contribution < -0.4 is 9.03 Å². The Kier molecular flexibility index (Phi) is 6.50. The highest BCUT2D eigenvalue weighted by atomic mass is 79.9. The first-order valence-corrected chi connectivity index (χ1v) is 13.7. The van der Waals surface area contributed by atoms with Gasteiger partial charge in [-0.2, -0.15) is 8.42 Å². The van der Waals surface area contributed by atoms with Crippen LogP contribution in [0.1, 0.15) is 17.0 Å². The summed E-state index contributed by atoms with van der Waals surface area (Å²) in [6.07, 6.45) is 3.59. The van der Waals surface area contributed by atoms with Crippen molar-refractivity contribution in [3.8, 4) is 16.9 Å². The first-order chi connectivity index (χ1) is 17.1. The van der Waals surface area contributed by atoms with Gasteiger partial charge in [0.05, 0.1) is 22.6 Å². The molecule has 0 spiro atoms. The Morgan fingerprint density at radius 1 is 1.06 bits per heavy atom. The SMILES string of the molecule is Cc1cc(-n2cc(-c3ccc(Cl)cc3Cl)nc2Cc2ccc(Br)cc2)ccc1N1C=C(O)NS1(=O)=O. The van der Waals surface area contributed by atoms with E-state index in [1.54, 1.807) is 31.2 Å². The van der Waals surface area contributed by atoms with E-state index >= 15 is 0 Å². The van der Waals surface area contributed by atoms with E-state index < -0.39 is 16.1 Å². The minimum absolute atomic E-state index is 0.422. The van der Waals surface area contributed by atoms with Crippen molar-refractivity contribution in [2.45, 2.75) is 13.3 Å². The lowest BCUT2D eigenvalue weighted by atomic mass is 10.1. The molecule has 3 aromatic carbocycles. The largest absolute Gasteiger partial charge is 0.493 e. The number of rotatable bonds is 5. The Bertz CT molecular complexity index is 1620. The molecule has 4 aromatic rings. The van der Waals surface area contributed by atoms with Gasteiger partial charge in [-0.1, -0.05) is 51.3 Å². The van der Waals surface area contributed by atoms with E-state index in [1.807, 2.05) is 47.2 Å². The Hall–Kier alpha value is -2.98. The maximum Gasteiger partial charge on any atom is 0.330 e. The van der Waals surface area contributed by atoms with Gasteiger partial charge in [0.2, 0.25) is 5.88 Å². The topological polar surface area (TPSA) is 87.5 Å². The van der Waals surface area contributed by atoms with Crippen LogP contribution in [0.25, 0.3) is 16.9 Å². The summed E-state index contributed by atoms with van der Waals surface area (Å²) in [6, 6.07) is 18.7. The molecule has 0 aliphatic carbocycles. The first-order valence-electron chi connectivity index (χ1n) is 10.7. The molecular weight excluding hydrogens is 587 g/mol. The van der Waals surface area contributed by atoms with Crippen molar-refractivity contribution in [3.05, 3.63) is 110 Å². The van der Waals surface area contributed by atoms with Gasteiger partial charge in [-0.15, -0.1) is 0 Å². The van der Waals surface area contributed by atoms with Crippen molar-refractivity contribution in [1.82, 2.24) is 14.3 Å². The summed E-state index contributed by atoms with van der Waals surface area (Å²) < 4.78 is 30.7. The lowest BCUT2D eigenvalue weighted by molar-refractivity contribution is 0.392. The molecule has 0 bridgehead atoms. The van der Waals surface area contributed by atoms with Crippen molar-refractivity contribution in [2.75, 3.05) is 4.31 Å². The average molecular weight is 606 g/mol. The van der Waals surface area contributed by atoms with Gasteiger partial charge in [-0.05, 0) is 66.6 Å². The summed E-state index contributed by atoms with van der Waals surface area (Å²) >= 11 is 16.0. The number of nitrogens with zero attached hydrogens (tertiary/aromatic N) is 3. The molecule has 0 saturated carbocycles. The van der Waals surface area contributed by atoms with Gasteiger partial charge in [0, 0.05) is 33.4 Å². The van der Waals surface area contributed by atoms with Crippen molar-refractivity contribution in [1.29, 1.82) is 0 Å². The van der Waals surface area contributed by atoms with Gasteiger partial charge in [0.15, 0.2) is 0 Å². The lowest BCUT2D eigenvalue weighted by Crippen LogP contribution is -2.30. The molecule has 1 aliphatic rings. The Morgan fingerprint density at radius 2 is 1.81 bits per heavy atom. The van der Waals surface area contributed by atoms with E-state index in [0.717, 1.165) is 37.6 Å². The van der Waals surface area contributed by atoms with Crippen LogP contribution in [0.5, 0.6) is 0 Å². The smallest absolute Gasteiger partial charge is 0.330 e. The van der Waals surface area contributed by atoms with Crippen LogP contribution in [0.2, 0.25) is 10.0 Å². The summed E-state index contributed by atoms with van der Waals surface area (Å²) in [7, 11) is -3.89. The number of aromatic nitrogens is 2. The normalized spacial score (nSPS) is 14.6. The summed E-state index contributed by atoms with van der Waals surface area (Å²) in [5.74, 6) is 0.341. The standard InChI is InChI=1S/C25H19BrCl2N4O3S/c1-15-10-19(7-9-23(15)32-14-25(33)30-36(32,34)35)31-13-22(20-8-6-18(27)12-21(20)28)29-24(31)11-16-2-4-17(26)5-3-16/h2-10,12-14,30,33H,11H2,1H3. The molecule has 1 aromatic heterocycles. The highest BCUT2D eigenvalue weighted by Gasteiger charge is 2.29. The maximum absolute atomic E-state index is 12.3. The zero-order chi connectivity index (χ0) is 25.6. The number of aliphatic hydroxyl groups is 1. The lowest BCUT2D eigenvalue weighted by Gasteiger charge is -2.18. The second kappa shape index (κ2) is 9.48. The maximum atomic E-state index is 12.3. The van der Waals surface area contributed by atoms with E-state index in [1.165, 1.54) is 0 Å². The van der Waals surface area contributed by atoms with Crippen LogP contribution in [-0.2, 0) is 16.6 Å². The fourth-order valence-electron chi connectivity index (χ4n) is 4.00. The molecule has 0 fully saturated rings. The van der Waals surface area contributed by atoms with Gasteiger partial charge in [0.25, 0.3) is 0 Å². The number of benzene rings is 3. The van der Waals surface area contributed by atoms with Crippen molar-refractivity contribution >= 4 is 55.0 Å². The fraction of sp³-hybridized carbons (Fsp3) is 0.0800. The van der Waals surface area contributed by atoms with Gasteiger partial charge < -0.3 is 9.67 Å². The van der Waals surface area contributed by atoms with E-state index in [9.17, 15) is 13.5 Å². The third-order valence-corrected chi connectivity index (χ3v) is 8.05. The van der Waals surface area contributed by atoms with Crippen LogP contribution in [0.3, 0.4) is 0 Å². The molecule has 0 radical (unpaired) electrons. The number of hydrogen-bond donors (Lipinski definition) is 2. The average Bonchev–Trinajstić information content (AvgIpc) is 3.34. The van der Waals surface area contributed by atoms with Crippen LogP contribution in [-0.4, -0.2) is 23.1 Å². The van der Waals surface area contributed by atoms with E-state index in [2.05, 4.69) is 20.7 Å². The number of anilines is 1. The predicted molar refractivity (Wildman–Crippen MR) is 146 cm³/mol. The number of nitrogens with one attached hydrogen (secondary N) is 1. The highest BCUT2D eigenvalue weighted by Crippen LogP contribution is 2.33. The van der Waals surface area contributed by atoms with Crippen LogP contribution in [0.15, 0.2) is 83.4 Å². The molecule has 0 atom stereocenters. The van der Waals surface area contributed by atoms with Gasteiger partial charge in [0.1, 0.15) is 5.82 Å². The molecule has 11 heteroatoms. The molecule has 2 heterocycles. The summed E-state index contributed by atoms with van der Waals surface area (Å²) in [5, 5.41) is 10.7. The third kappa shape index (κ3) is 4.84. The van der Waals surface area contributed by atoms with Crippen molar-refractivity contribution in [2.24, 2.45) is 0 Å². The summed E-state index contributed by atoms with van der Waals surface area (Å²) in [4.78, 5) is 4.89. The van der Waals surface area contributed by atoms with Gasteiger partial charge in [-0.3, -0.25) is 0 Å². The zero-order valence-electron chi connectivity index (χ0n) is 18.8. The van der Waals surface area contributed by atoms with Gasteiger partial charge >= 0.3 is 10.2 Å². The van der Waals surface area contributed by atoms with E-state index in [-0.39, 0.29) is 0 Å². The third-order valence-electron chi connectivity index (χ3n) is 5.69. The minimum Gasteiger partial charge on any atom is -0.493 e. The van der Waals surface area contributed by atoms with Crippen LogP contribution >= 0.6 is 39.1 Å². The van der Waals surface area contributed by atoms with Gasteiger partial charge in [-0.25, -0.2) is 14.0 Å². The molecule has 0 unspecified atom stereocenters. The van der Waals surface area contributed by atoms with Crippen molar-refractivity contribution < 1.29 is 13.5 Å². The number of halogens is 3. The van der Waals surface area contributed by atoms with Crippen molar-refractivity contribution in [3.63, 3.8) is 0 Å². The molecule has 1 aliphatic heterocycles. The second-order valence-electron chi connectivity index (χ2n) is 8.23. The monoisotopic (exact) mass is 604 g/mol. The predicted octanol–water partition coefficient (Wildman–Crippen LogP) is 6.52. The molecule has 0 saturated heterocycles. The minimum atomic E-state index is -3.89. The van der Waals surface area contributed by atoms with E-state index in [4.69, 9.17) is 28.2 Å². The second-order valence-corrected chi connectivity index (χ2v) is 11.5.